The maximum atomic E-state index is 13.3. The lowest BCUT2D eigenvalue weighted by molar-refractivity contribution is -0.00295. The third-order valence-corrected chi connectivity index (χ3v) is 4.99. The lowest BCUT2D eigenvalue weighted by atomic mass is 10.0. The third-order valence-electron chi connectivity index (χ3n) is 4.99. The number of hydrogen-bond acceptors (Lipinski definition) is 4. The molecule has 1 unspecified atom stereocenters. The zero-order chi connectivity index (χ0) is 17.6. The number of benzene rings is 1. The number of rotatable bonds is 2. The number of amides is 1. The van der Waals surface area contributed by atoms with Crippen molar-refractivity contribution in [3.8, 4) is 0 Å². The largest absolute Gasteiger partial charge is 0.377 e. The molecule has 0 bridgehead atoms. The van der Waals surface area contributed by atoms with Crippen molar-refractivity contribution in [1.29, 1.82) is 0 Å². The minimum atomic E-state index is -0.131. The molecule has 2 aromatic heterocycles. The zero-order valence-corrected chi connectivity index (χ0v) is 14.6. The van der Waals surface area contributed by atoms with E-state index < -0.39 is 0 Å². The summed E-state index contributed by atoms with van der Waals surface area (Å²) in [7, 11) is 1.92. The number of aromatic nitrogens is 4. The highest BCUT2D eigenvalue weighted by Crippen LogP contribution is 2.31. The Morgan fingerprint density at radius 1 is 1.36 bits per heavy atom. The molecule has 1 saturated heterocycles. The molecule has 0 saturated carbocycles. The van der Waals surface area contributed by atoms with Crippen LogP contribution in [0.1, 0.15) is 33.4 Å². The Kier molecular flexibility index (Phi) is 3.80. The van der Waals surface area contributed by atoms with Crippen molar-refractivity contribution in [1.82, 2.24) is 24.9 Å². The standard InChI is InChI=1S/C18H21N5O2/c1-11-16(12(2)22(3)21-11)15-10-25-8-7-23(15)18(24)14-6-4-5-13-9-19-20-17(13)14/h4-6,9,15H,7-8,10H2,1-3H3,(H,19,20). The van der Waals surface area contributed by atoms with Crippen molar-refractivity contribution in [3.05, 3.63) is 46.9 Å². The number of morpholine rings is 1. The molecule has 0 aliphatic carbocycles. The monoisotopic (exact) mass is 339 g/mol. The van der Waals surface area contributed by atoms with Crippen LogP contribution in [0.5, 0.6) is 0 Å². The van der Waals surface area contributed by atoms with Gasteiger partial charge in [0.15, 0.2) is 0 Å². The fourth-order valence-electron chi connectivity index (χ4n) is 3.66. The predicted molar refractivity (Wildman–Crippen MR) is 93.4 cm³/mol. The lowest BCUT2D eigenvalue weighted by Crippen LogP contribution is -2.43. The second kappa shape index (κ2) is 6.00. The first-order valence-corrected chi connectivity index (χ1v) is 8.39. The van der Waals surface area contributed by atoms with Gasteiger partial charge in [-0.15, -0.1) is 0 Å². The van der Waals surface area contributed by atoms with Gasteiger partial charge in [0, 0.05) is 30.2 Å². The molecule has 1 aliphatic rings. The van der Waals surface area contributed by atoms with E-state index in [2.05, 4.69) is 15.3 Å². The maximum Gasteiger partial charge on any atom is 0.256 e. The smallest absolute Gasteiger partial charge is 0.256 e. The van der Waals surface area contributed by atoms with Gasteiger partial charge < -0.3 is 9.64 Å². The number of nitrogens with one attached hydrogen (secondary N) is 1. The van der Waals surface area contributed by atoms with Gasteiger partial charge in [-0.3, -0.25) is 14.6 Å². The molecular weight excluding hydrogens is 318 g/mol. The first kappa shape index (κ1) is 15.8. The molecule has 130 valence electrons. The number of aryl methyl sites for hydroxylation is 2. The summed E-state index contributed by atoms with van der Waals surface area (Å²) in [6.07, 6.45) is 1.73. The zero-order valence-electron chi connectivity index (χ0n) is 14.6. The molecule has 3 heterocycles. The molecule has 4 rings (SSSR count). The molecule has 1 aliphatic heterocycles. The van der Waals surface area contributed by atoms with Crippen LogP contribution in [0.15, 0.2) is 24.4 Å². The highest BCUT2D eigenvalue weighted by Gasteiger charge is 2.33. The van der Waals surface area contributed by atoms with E-state index in [0.717, 1.165) is 27.9 Å². The van der Waals surface area contributed by atoms with Gasteiger partial charge in [0.1, 0.15) is 0 Å². The van der Waals surface area contributed by atoms with Crippen molar-refractivity contribution in [2.45, 2.75) is 19.9 Å². The molecule has 1 fully saturated rings. The summed E-state index contributed by atoms with van der Waals surface area (Å²) in [5, 5.41) is 12.4. The van der Waals surface area contributed by atoms with Gasteiger partial charge in [-0.05, 0) is 19.9 Å². The summed E-state index contributed by atoms with van der Waals surface area (Å²) < 4.78 is 7.55. The van der Waals surface area contributed by atoms with E-state index in [-0.39, 0.29) is 11.9 Å². The number of nitrogens with zero attached hydrogens (tertiary/aromatic N) is 4. The Morgan fingerprint density at radius 3 is 2.96 bits per heavy atom. The molecule has 3 aromatic rings. The van der Waals surface area contributed by atoms with Crippen molar-refractivity contribution in [2.24, 2.45) is 7.05 Å². The Hall–Kier alpha value is -2.67. The van der Waals surface area contributed by atoms with Gasteiger partial charge in [-0.25, -0.2) is 0 Å². The molecule has 1 N–H and O–H groups in total. The number of carbonyl (C=O) groups excluding carboxylic acids is 1. The van der Waals surface area contributed by atoms with Crippen LogP contribution in [0.3, 0.4) is 0 Å². The Morgan fingerprint density at radius 2 is 2.20 bits per heavy atom. The van der Waals surface area contributed by atoms with Crippen LogP contribution in [0.2, 0.25) is 0 Å². The highest BCUT2D eigenvalue weighted by atomic mass is 16.5. The molecular formula is C18H21N5O2. The quantitative estimate of drug-likeness (QED) is 0.776. The van der Waals surface area contributed by atoms with Crippen LogP contribution in [-0.4, -0.2) is 50.5 Å². The number of para-hydroxylation sites is 1. The van der Waals surface area contributed by atoms with E-state index in [4.69, 9.17) is 4.74 Å². The highest BCUT2D eigenvalue weighted by molar-refractivity contribution is 6.05. The second-order valence-electron chi connectivity index (χ2n) is 6.44. The van der Waals surface area contributed by atoms with Crippen molar-refractivity contribution in [2.75, 3.05) is 19.8 Å². The van der Waals surface area contributed by atoms with E-state index in [1.54, 1.807) is 6.20 Å². The first-order chi connectivity index (χ1) is 12.1. The minimum Gasteiger partial charge on any atom is -0.377 e. The van der Waals surface area contributed by atoms with Crippen LogP contribution < -0.4 is 0 Å². The summed E-state index contributed by atoms with van der Waals surface area (Å²) in [6.45, 7) is 5.59. The molecule has 1 atom stereocenters. The summed E-state index contributed by atoms with van der Waals surface area (Å²) in [5.74, 6) is -0.00852. The molecule has 0 radical (unpaired) electrons. The molecule has 25 heavy (non-hydrogen) atoms. The number of hydrogen-bond donors (Lipinski definition) is 1. The molecule has 7 nitrogen and oxygen atoms in total. The maximum absolute atomic E-state index is 13.3. The third kappa shape index (κ3) is 2.51. The number of ether oxygens (including phenoxy) is 1. The fourth-order valence-corrected chi connectivity index (χ4v) is 3.66. The van der Waals surface area contributed by atoms with Crippen LogP contribution in [-0.2, 0) is 11.8 Å². The minimum absolute atomic E-state index is 0.00852. The van der Waals surface area contributed by atoms with Crippen molar-refractivity contribution >= 4 is 16.8 Å². The van der Waals surface area contributed by atoms with Crippen LogP contribution in [0.25, 0.3) is 10.9 Å². The summed E-state index contributed by atoms with van der Waals surface area (Å²) in [6, 6.07) is 5.55. The van der Waals surface area contributed by atoms with Gasteiger partial charge in [0.2, 0.25) is 0 Å². The molecule has 1 aromatic carbocycles. The molecule has 0 spiro atoms. The van der Waals surface area contributed by atoms with Gasteiger partial charge in [0.05, 0.1) is 42.2 Å². The normalized spacial score (nSPS) is 18.0. The van der Waals surface area contributed by atoms with Crippen LogP contribution in [0.4, 0.5) is 0 Å². The Bertz CT molecular complexity index is 942. The van der Waals surface area contributed by atoms with Crippen molar-refractivity contribution < 1.29 is 9.53 Å². The van der Waals surface area contributed by atoms with Gasteiger partial charge in [0.25, 0.3) is 5.91 Å². The van der Waals surface area contributed by atoms with E-state index in [0.29, 0.717) is 25.3 Å². The van der Waals surface area contributed by atoms with E-state index in [9.17, 15) is 4.79 Å². The van der Waals surface area contributed by atoms with Crippen molar-refractivity contribution in [3.63, 3.8) is 0 Å². The van der Waals surface area contributed by atoms with Gasteiger partial charge in [-0.1, -0.05) is 12.1 Å². The lowest BCUT2D eigenvalue weighted by Gasteiger charge is -2.36. The topological polar surface area (TPSA) is 76.0 Å². The summed E-state index contributed by atoms with van der Waals surface area (Å²) in [5.41, 5.74) is 4.49. The Balaban J connectivity index is 1.76. The number of fused-ring (bicyclic) bond motifs is 1. The van der Waals surface area contributed by atoms with Gasteiger partial charge in [-0.2, -0.15) is 10.2 Å². The Labute approximate surface area is 145 Å². The van der Waals surface area contributed by atoms with E-state index >= 15 is 0 Å². The summed E-state index contributed by atoms with van der Waals surface area (Å²) in [4.78, 5) is 15.2. The number of carbonyl (C=O) groups is 1. The average molecular weight is 339 g/mol. The van der Waals surface area contributed by atoms with E-state index in [1.165, 1.54) is 0 Å². The fraction of sp³-hybridized carbons (Fsp3) is 0.389. The van der Waals surface area contributed by atoms with Crippen LogP contribution in [0, 0.1) is 13.8 Å². The predicted octanol–water partition coefficient (Wildman–Crippen LogP) is 2.13. The first-order valence-electron chi connectivity index (χ1n) is 8.39. The van der Waals surface area contributed by atoms with E-state index in [1.807, 2.05) is 48.7 Å². The molecule has 1 amide bonds. The number of H-pyrrole nitrogens is 1. The average Bonchev–Trinajstić information content (AvgIpc) is 3.19. The summed E-state index contributed by atoms with van der Waals surface area (Å²) >= 11 is 0. The number of aromatic amines is 1. The van der Waals surface area contributed by atoms with Gasteiger partial charge >= 0.3 is 0 Å². The molecule has 7 heteroatoms. The SMILES string of the molecule is Cc1nn(C)c(C)c1C1COCCN1C(=O)c1cccc2cn[nH]c12. The van der Waals surface area contributed by atoms with Crippen LogP contribution >= 0.6 is 0 Å². The second-order valence-corrected chi connectivity index (χ2v) is 6.44.